The lowest BCUT2D eigenvalue weighted by Gasteiger charge is -2.44. The summed E-state index contributed by atoms with van der Waals surface area (Å²) in [5, 5.41) is 0. The minimum absolute atomic E-state index is 0.326. The molecule has 1 N–H and O–H groups in total. The Balaban J connectivity index is 2.42. The largest absolute Gasteiger partial charge is 0.497 e. The highest BCUT2D eigenvalue weighted by atomic mass is 16.7. The summed E-state index contributed by atoms with van der Waals surface area (Å²) in [6.07, 6.45) is -4.74. The highest BCUT2D eigenvalue weighted by Crippen LogP contribution is 2.29. The molecule has 1 aliphatic heterocycles. The van der Waals surface area contributed by atoms with E-state index >= 15 is 0 Å². The molecule has 0 spiro atoms. The number of hydrogen-bond acceptors (Lipinski definition) is 12. The first kappa shape index (κ1) is 25.9. The van der Waals surface area contributed by atoms with Crippen LogP contribution in [0.5, 0.6) is 11.5 Å². The molecule has 1 aromatic carbocycles. The van der Waals surface area contributed by atoms with Gasteiger partial charge in [0.25, 0.3) is 0 Å². The number of rotatable bonds is 9. The predicted octanol–water partition coefficient (Wildman–Crippen LogP) is 0.662. The molecule has 33 heavy (non-hydrogen) atoms. The van der Waals surface area contributed by atoms with E-state index in [1.807, 2.05) is 0 Å². The Labute approximate surface area is 190 Å². The van der Waals surface area contributed by atoms with Crippen LogP contribution >= 0.6 is 0 Å². The normalized spacial score (nSPS) is 24.2. The van der Waals surface area contributed by atoms with E-state index in [1.54, 1.807) is 24.3 Å². The van der Waals surface area contributed by atoms with E-state index in [-0.39, 0.29) is 6.61 Å². The van der Waals surface area contributed by atoms with Crippen molar-refractivity contribution >= 4 is 23.9 Å². The molecule has 0 aliphatic carbocycles. The molecular weight excluding hydrogens is 442 g/mol. The van der Waals surface area contributed by atoms with Gasteiger partial charge in [-0.25, -0.2) is 0 Å². The quantitative estimate of drug-likeness (QED) is 0.308. The summed E-state index contributed by atoms with van der Waals surface area (Å²) in [5.41, 5.74) is 2.46. The molecule has 1 saturated heterocycles. The smallest absolute Gasteiger partial charge is 0.321 e. The number of methoxy groups -OCH3 is 1. The molecule has 5 atom stereocenters. The summed E-state index contributed by atoms with van der Waals surface area (Å²) in [5.74, 6) is -1.77. The third kappa shape index (κ3) is 7.91. The van der Waals surface area contributed by atoms with Gasteiger partial charge in [0.05, 0.1) is 7.11 Å². The molecule has 1 fully saturated rings. The molecule has 0 bridgehead atoms. The van der Waals surface area contributed by atoms with Gasteiger partial charge < -0.3 is 33.3 Å². The Kier molecular flexibility index (Phi) is 9.43. The summed E-state index contributed by atoms with van der Waals surface area (Å²) in [4.78, 5) is 51.3. The van der Waals surface area contributed by atoms with Crippen molar-refractivity contribution in [2.45, 2.75) is 58.3 Å². The van der Waals surface area contributed by atoms with Crippen LogP contribution < -0.4 is 15.0 Å². The van der Waals surface area contributed by atoms with Gasteiger partial charge in [0.2, 0.25) is 6.29 Å². The molecular formula is C21H27NO11. The number of nitrogens with one attached hydrogen (secondary N) is 1. The molecule has 2 rings (SSSR count). The molecule has 0 radical (unpaired) electrons. The van der Waals surface area contributed by atoms with E-state index in [4.69, 9.17) is 33.3 Å². The first-order valence-corrected chi connectivity index (χ1v) is 9.97. The second-order valence-electron chi connectivity index (χ2n) is 7.02. The lowest BCUT2D eigenvalue weighted by molar-refractivity contribution is -0.268. The number of carbonyl (C=O) groups is 4. The lowest BCUT2D eigenvalue weighted by atomic mass is 9.96. The van der Waals surface area contributed by atoms with Crippen LogP contribution in [-0.2, 0) is 43.0 Å². The molecule has 5 unspecified atom stereocenters. The van der Waals surface area contributed by atoms with Crippen LogP contribution in [0.1, 0.15) is 27.7 Å². The van der Waals surface area contributed by atoms with Crippen molar-refractivity contribution in [1.82, 2.24) is 5.48 Å². The second kappa shape index (κ2) is 12.0. The minimum atomic E-state index is -1.23. The van der Waals surface area contributed by atoms with Gasteiger partial charge in [-0.05, 0) is 24.3 Å². The topological polar surface area (TPSA) is 145 Å². The summed E-state index contributed by atoms with van der Waals surface area (Å²) in [7, 11) is 1.51. The standard InChI is InChI=1S/C21H27NO11/c1-11(23)28-10-17-19(29-12(2)24)20(30-13(3)25)18(22-33-14(4)26)21(32-17)31-16-8-6-15(27-5)7-9-16/h6-9,17-22H,10H2,1-5H3. The molecule has 0 aromatic heterocycles. The Morgan fingerprint density at radius 3 is 1.94 bits per heavy atom. The van der Waals surface area contributed by atoms with Crippen LogP contribution in [0.4, 0.5) is 0 Å². The fraction of sp³-hybridized carbons (Fsp3) is 0.524. The van der Waals surface area contributed by atoms with Crippen molar-refractivity contribution in [1.29, 1.82) is 0 Å². The van der Waals surface area contributed by atoms with Crippen molar-refractivity contribution in [3.63, 3.8) is 0 Å². The van der Waals surface area contributed by atoms with E-state index in [0.29, 0.717) is 11.5 Å². The predicted molar refractivity (Wildman–Crippen MR) is 109 cm³/mol. The number of esters is 3. The molecule has 0 saturated carbocycles. The zero-order valence-corrected chi connectivity index (χ0v) is 18.9. The Morgan fingerprint density at radius 2 is 1.42 bits per heavy atom. The average Bonchev–Trinajstić information content (AvgIpc) is 2.73. The van der Waals surface area contributed by atoms with Crippen LogP contribution in [-0.4, -0.2) is 68.2 Å². The second-order valence-corrected chi connectivity index (χ2v) is 7.02. The Morgan fingerprint density at radius 1 is 0.848 bits per heavy atom. The summed E-state index contributed by atoms with van der Waals surface area (Å²) >= 11 is 0. The molecule has 182 valence electrons. The first-order chi connectivity index (χ1) is 15.6. The van der Waals surface area contributed by atoms with Crippen molar-refractivity contribution < 1.29 is 52.4 Å². The Bertz CT molecular complexity index is 841. The molecule has 1 aliphatic rings. The molecule has 0 amide bonds. The van der Waals surface area contributed by atoms with Gasteiger partial charge >= 0.3 is 23.9 Å². The maximum absolute atomic E-state index is 11.9. The zero-order valence-electron chi connectivity index (χ0n) is 18.9. The first-order valence-electron chi connectivity index (χ1n) is 9.97. The van der Waals surface area contributed by atoms with E-state index in [0.717, 1.165) is 20.8 Å². The summed E-state index contributed by atoms with van der Waals surface area (Å²) in [6.45, 7) is 4.34. The molecule has 1 aromatic rings. The highest BCUT2D eigenvalue weighted by Gasteiger charge is 2.52. The van der Waals surface area contributed by atoms with Crippen LogP contribution in [0.25, 0.3) is 0 Å². The summed E-state index contributed by atoms with van der Waals surface area (Å²) < 4.78 is 32.7. The van der Waals surface area contributed by atoms with Crippen LogP contribution in [0.3, 0.4) is 0 Å². The maximum atomic E-state index is 11.9. The molecule has 12 heteroatoms. The van der Waals surface area contributed by atoms with Crippen molar-refractivity contribution in [3.8, 4) is 11.5 Å². The van der Waals surface area contributed by atoms with Crippen LogP contribution in [0, 0.1) is 0 Å². The van der Waals surface area contributed by atoms with E-state index < -0.39 is 54.5 Å². The number of hydrogen-bond donors (Lipinski definition) is 1. The molecule has 12 nitrogen and oxygen atoms in total. The van der Waals surface area contributed by atoms with E-state index in [2.05, 4.69) is 5.48 Å². The summed E-state index contributed by atoms with van der Waals surface area (Å²) in [6, 6.07) is 5.37. The number of carbonyl (C=O) groups excluding carboxylic acids is 4. The number of ether oxygens (including phenoxy) is 6. The van der Waals surface area contributed by atoms with Gasteiger partial charge in [0.1, 0.15) is 30.3 Å². The Hall–Kier alpha value is -3.38. The van der Waals surface area contributed by atoms with E-state index in [1.165, 1.54) is 14.0 Å². The van der Waals surface area contributed by atoms with Gasteiger partial charge in [-0.1, -0.05) is 0 Å². The van der Waals surface area contributed by atoms with Gasteiger partial charge in [-0.2, -0.15) is 0 Å². The fourth-order valence-corrected chi connectivity index (χ4v) is 3.07. The van der Waals surface area contributed by atoms with Crippen molar-refractivity contribution in [2.24, 2.45) is 0 Å². The van der Waals surface area contributed by atoms with Gasteiger partial charge in [-0.3, -0.25) is 19.2 Å². The average molecular weight is 469 g/mol. The minimum Gasteiger partial charge on any atom is -0.497 e. The third-order valence-corrected chi connectivity index (χ3v) is 4.35. The van der Waals surface area contributed by atoms with Gasteiger partial charge in [0, 0.05) is 27.7 Å². The van der Waals surface area contributed by atoms with Crippen molar-refractivity contribution in [2.75, 3.05) is 13.7 Å². The monoisotopic (exact) mass is 469 g/mol. The van der Waals surface area contributed by atoms with Crippen molar-refractivity contribution in [3.05, 3.63) is 24.3 Å². The number of benzene rings is 1. The third-order valence-electron chi connectivity index (χ3n) is 4.35. The lowest BCUT2D eigenvalue weighted by Crippen LogP contribution is -2.66. The van der Waals surface area contributed by atoms with Gasteiger partial charge in [-0.15, -0.1) is 5.48 Å². The fourth-order valence-electron chi connectivity index (χ4n) is 3.07. The maximum Gasteiger partial charge on any atom is 0.321 e. The van der Waals surface area contributed by atoms with Gasteiger partial charge in [0.15, 0.2) is 12.2 Å². The van der Waals surface area contributed by atoms with Crippen LogP contribution in [0.15, 0.2) is 24.3 Å². The SMILES string of the molecule is COc1ccc(OC2OC(COC(C)=O)C(OC(C)=O)C(OC(C)=O)C2NOC(C)=O)cc1. The van der Waals surface area contributed by atoms with E-state index in [9.17, 15) is 19.2 Å². The van der Waals surface area contributed by atoms with Crippen LogP contribution in [0.2, 0.25) is 0 Å². The molecule has 1 heterocycles. The highest BCUT2D eigenvalue weighted by molar-refractivity contribution is 5.68. The number of hydroxylamine groups is 1. The zero-order chi connectivity index (χ0) is 24.5.